The van der Waals surface area contributed by atoms with Gasteiger partial charge in [0.25, 0.3) is 0 Å². The van der Waals surface area contributed by atoms with Crippen LogP contribution in [0.4, 0.5) is 0 Å². The maximum absolute atomic E-state index is 2.68. The molecule has 0 saturated carbocycles. The predicted octanol–water partition coefficient (Wildman–Crippen LogP) is 3.68. The Balaban J connectivity index is 2.54. The molecule has 15 heavy (non-hydrogen) atoms. The molecule has 0 bridgehead atoms. The first kappa shape index (κ1) is 13.6. The molecule has 0 radical (unpaired) electrons. The molecule has 1 fully saturated rings. The molecule has 0 spiro atoms. The maximum atomic E-state index is 2.68. The van der Waals surface area contributed by atoms with Gasteiger partial charge in [-0.05, 0) is 0 Å². The molecule has 1 nitrogen and oxygen atoms in total. The molecule has 1 aliphatic rings. The summed E-state index contributed by atoms with van der Waals surface area (Å²) in [5.74, 6) is 0. The number of hydrogen-bond donors (Lipinski definition) is 0. The van der Waals surface area contributed by atoms with Crippen molar-refractivity contribution in [2.45, 2.75) is 54.0 Å². The first-order chi connectivity index (χ1) is 6.68. The van der Waals surface area contributed by atoms with Gasteiger partial charge in [-0.2, -0.15) is 0 Å². The summed E-state index contributed by atoms with van der Waals surface area (Å²) < 4.78 is 2.68. The van der Waals surface area contributed by atoms with Crippen molar-refractivity contribution in [2.24, 2.45) is 0 Å². The SMILES string of the molecule is CC(C)(C)N1CCC(=[CH][Sn]([CH3])([CH3])[CH3])CC1. The van der Waals surface area contributed by atoms with Crippen LogP contribution in [-0.4, -0.2) is 41.9 Å². The van der Waals surface area contributed by atoms with Gasteiger partial charge in [0, 0.05) is 0 Å². The Labute approximate surface area is 99.8 Å². The van der Waals surface area contributed by atoms with Crippen molar-refractivity contribution in [3.8, 4) is 0 Å². The van der Waals surface area contributed by atoms with E-state index >= 15 is 0 Å². The molecular formula is C13H27NSn. The third-order valence-corrected chi connectivity index (χ3v) is 6.63. The van der Waals surface area contributed by atoms with Crippen LogP contribution in [0.2, 0.25) is 14.8 Å². The van der Waals surface area contributed by atoms with Crippen molar-refractivity contribution in [1.29, 1.82) is 0 Å². The Morgan fingerprint density at radius 1 is 1.07 bits per heavy atom. The summed E-state index contributed by atoms with van der Waals surface area (Å²) in [4.78, 5) is 10.1. The van der Waals surface area contributed by atoms with Gasteiger partial charge in [-0.3, -0.25) is 0 Å². The second-order valence-electron chi connectivity index (χ2n) is 6.83. The molecular weight excluding hydrogens is 289 g/mol. The third kappa shape index (κ3) is 4.90. The molecule has 0 atom stereocenters. The molecule has 1 saturated heterocycles. The quantitative estimate of drug-likeness (QED) is 0.667. The second-order valence-corrected chi connectivity index (χ2v) is 21.2. The van der Waals surface area contributed by atoms with Crippen LogP contribution < -0.4 is 0 Å². The zero-order valence-electron chi connectivity index (χ0n) is 11.4. The normalized spacial score (nSPS) is 20.5. The fraction of sp³-hybridized carbons (Fsp3) is 0.846. The van der Waals surface area contributed by atoms with Crippen LogP contribution in [-0.2, 0) is 0 Å². The minimum absolute atomic E-state index is 0.358. The summed E-state index contributed by atoms with van der Waals surface area (Å²) >= 11 is -1.68. The Morgan fingerprint density at radius 3 is 1.87 bits per heavy atom. The Morgan fingerprint density at radius 2 is 1.53 bits per heavy atom. The predicted molar refractivity (Wildman–Crippen MR) is 72.0 cm³/mol. The van der Waals surface area contributed by atoms with Gasteiger partial charge < -0.3 is 0 Å². The fourth-order valence-corrected chi connectivity index (χ4v) is 6.54. The van der Waals surface area contributed by atoms with Gasteiger partial charge in [-0.25, -0.2) is 0 Å². The van der Waals surface area contributed by atoms with Gasteiger partial charge in [0.1, 0.15) is 0 Å². The van der Waals surface area contributed by atoms with Crippen LogP contribution in [0, 0.1) is 0 Å². The van der Waals surface area contributed by atoms with Crippen molar-refractivity contribution in [3.05, 3.63) is 9.67 Å². The number of rotatable bonds is 1. The third-order valence-electron chi connectivity index (χ3n) is 2.99. The molecule has 0 aliphatic carbocycles. The molecule has 0 aromatic heterocycles. The monoisotopic (exact) mass is 317 g/mol. The van der Waals surface area contributed by atoms with E-state index in [9.17, 15) is 0 Å². The topological polar surface area (TPSA) is 3.24 Å². The Hall–Kier alpha value is 0.499. The number of hydrogen-bond acceptors (Lipinski definition) is 1. The number of piperidine rings is 1. The van der Waals surface area contributed by atoms with Crippen LogP contribution in [0.15, 0.2) is 9.67 Å². The molecule has 1 aliphatic heterocycles. The summed E-state index contributed by atoms with van der Waals surface area (Å²) in [6.45, 7) is 9.49. The Bertz CT molecular complexity index is 232. The zero-order valence-corrected chi connectivity index (χ0v) is 14.2. The number of likely N-dealkylation sites (tertiary alicyclic amines) is 1. The summed E-state index contributed by atoms with van der Waals surface area (Å²) in [6, 6.07) is 0. The molecule has 0 amide bonds. The fourth-order valence-electron chi connectivity index (χ4n) is 2.22. The standard InChI is InChI=1S/C10H18N.3CH3.Sn/c1-9-5-7-11(8-6-9)10(2,3)4;;;;/h1H,5-8H2,2-4H3;3*1H3;. The van der Waals surface area contributed by atoms with Crippen LogP contribution >= 0.6 is 0 Å². The number of nitrogens with zero attached hydrogens (tertiary/aromatic N) is 1. The molecule has 88 valence electrons. The van der Waals surface area contributed by atoms with E-state index < -0.39 is 18.4 Å². The van der Waals surface area contributed by atoms with Crippen molar-refractivity contribution >= 4 is 18.4 Å². The van der Waals surface area contributed by atoms with E-state index in [0.717, 1.165) is 0 Å². The van der Waals surface area contributed by atoms with Gasteiger partial charge in [0.05, 0.1) is 0 Å². The van der Waals surface area contributed by atoms with Gasteiger partial charge in [-0.15, -0.1) is 0 Å². The van der Waals surface area contributed by atoms with Crippen molar-refractivity contribution in [3.63, 3.8) is 0 Å². The molecule has 1 rings (SSSR count). The van der Waals surface area contributed by atoms with E-state index in [1.54, 1.807) is 5.57 Å². The van der Waals surface area contributed by atoms with E-state index in [-0.39, 0.29) is 0 Å². The first-order valence-corrected chi connectivity index (χ1v) is 16.4. The summed E-state index contributed by atoms with van der Waals surface area (Å²) in [5, 5.41) is 0. The molecule has 1 heterocycles. The van der Waals surface area contributed by atoms with Crippen molar-refractivity contribution < 1.29 is 0 Å². The molecule has 0 aromatic rings. The van der Waals surface area contributed by atoms with E-state index in [2.05, 4.69) is 44.6 Å². The zero-order chi connectivity index (χ0) is 11.7. The first-order valence-electron chi connectivity index (χ1n) is 6.14. The summed E-state index contributed by atoms with van der Waals surface area (Å²) in [5.41, 5.74) is 2.11. The van der Waals surface area contributed by atoms with Gasteiger partial charge in [0.2, 0.25) is 0 Å². The van der Waals surface area contributed by atoms with Crippen LogP contribution in [0.3, 0.4) is 0 Å². The van der Waals surface area contributed by atoms with E-state index in [1.807, 2.05) is 0 Å². The summed E-state index contributed by atoms with van der Waals surface area (Å²) in [6.07, 6.45) is 2.62. The van der Waals surface area contributed by atoms with Crippen LogP contribution in [0.25, 0.3) is 0 Å². The van der Waals surface area contributed by atoms with Crippen molar-refractivity contribution in [2.75, 3.05) is 13.1 Å². The Kier molecular flexibility index (Phi) is 4.33. The van der Waals surface area contributed by atoms with Gasteiger partial charge in [0.15, 0.2) is 0 Å². The van der Waals surface area contributed by atoms with Gasteiger partial charge in [-0.1, -0.05) is 0 Å². The van der Waals surface area contributed by atoms with Crippen molar-refractivity contribution in [1.82, 2.24) is 4.90 Å². The minimum atomic E-state index is -1.68. The molecule has 0 N–H and O–H groups in total. The molecule has 0 unspecified atom stereocenters. The average molecular weight is 316 g/mol. The van der Waals surface area contributed by atoms with E-state index in [0.29, 0.717) is 5.54 Å². The second kappa shape index (κ2) is 4.78. The van der Waals surface area contributed by atoms with E-state index in [4.69, 9.17) is 0 Å². The van der Waals surface area contributed by atoms with Crippen LogP contribution in [0.1, 0.15) is 33.6 Å². The van der Waals surface area contributed by atoms with E-state index in [1.165, 1.54) is 25.9 Å². The van der Waals surface area contributed by atoms with Crippen LogP contribution in [0.5, 0.6) is 0 Å². The summed E-state index contributed by atoms with van der Waals surface area (Å²) in [7, 11) is 0. The van der Waals surface area contributed by atoms with Gasteiger partial charge >= 0.3 is 100 Å². The molecule has 0 aromatic carbocycles. The average Bonchev–Trinajstić information content (AvgIpc) is 2.00. The molecule has 2 heteroatoms.